The molecule has 0 aliphatic rings. The van der Waals surface area contributed by atoms with Crippen LogP contribution < -0.4 is 4.80 Å². The number of aromatic nitrogens is 2. The summed E-state index contributed by atoms with van der Waals surface area (Å²) in [5.41, 5.74) is 1.67. The molecular formula is C22H19N3O5S. The molecule has 0 radical (unpaired) electrons. The number of rotatable bonds is 7. The molecule has 3 rings (SSSR count). The van der Waals surface area contributed by atoms with E-state index in [0.29, 0.717) is 17.3 Å². The molecule has 0 saturated heterocycles. The number of nitrogens with zero attached hydrogens (tertiary/aromatic N) is 3. The number of aryl methyl sites for hydroxylation is 1. The highest BCUT2D eigenvalue weighted by Gasteiger charge is 2.18. The van der Waals surface area contributed by atoms with Crippen molar-refractivity contribution in [2.24, 2.45) is 4.99 Å². The zero-order valence-corrected chi connectivity index (χ0v) is 17.6. The lowest BCUT2D eigenvalue weighted by Gasteiger charge is -2.03. The number of benzene rings is 2. The Morgan fingerprint density at radius 1 is 1.13 bits per heavy atom. The molecule has 0 amide bonds. The van der Waals surface area contributed by atoms with Crippen LogP contribution in [0.3, 0.4) is 0 Å². The summed E-state index contributed by atoms with van der Waals surface area (Å²) in [6.07, 6.45) is 0.663. The molecule has 158 valence electrons. The standard InChI is InChI=1S/C22H19N3O5S/c1-3-30-21(29)17(13-18(26)27)23-22-25(16-11-9-14(2)10-12-16)24-20(31-22)19(28)15-7-5-4-6-8-15/h4-13H,3H2,1-2H3,(H,26,27). The molecule has 1 N–H and O–H groups in total. The largest absolute Gasteiger partial charge is 0.478 e. The molecule has 0 unspecified atom stereocenters. The zero-order valence-electron chi connectivity index (χ0n) is 16.8. The van der Waals surface area contributed by atoms with Gasteiger partial charge in [0.25, 0.3) is 0 Å². The summed E-state index contributed by atoms with van der Waals surface area (Å²) in [7, 11) is 0. The van der Waals surface area contributed by atoms with Crippen LogP contribution in [0, 0.1) is 6.92 Å². The van der Waals surface area contributed by atoms with Gasteiger partial charge in [-0.15, -0.1) is 0 Å². The van der Waals surface area contributed by atoms with E-state index in [1.165, 1.54) is 4.68 Å². The van der Waals surface area contributed by atoms with Crippen molar-refractivity contribution in [3.8, 4) is 5.69 Å². The lowest BCUT2D eigenvalue weighted by Crippen LogP contribution is -2.17. The van der Waals surface area contributed by atoms with E-state index in [4.69, 9.17) is 9.84 Å². The van der Waals surface area contributed by atoms with E-state index < -0.39 is 17.6 Å². The minimum Gasteiger partial charge on any atom is -0.478 e. The quantitative estimate of drug-likeness (QED) is 0.346. The first kappa shape index (κ1) is 21.8. The Morgan fingerprint density at radius 2 is 1.81 bits per heavy atom. The number of carbonyl (C=O) groups is 3. The molecule has 0 atom stereocenters. The highest BCUT2D eigenvalue weighted by atomic mass is 32.1. The van der Waals surface area contributed by atoms with Gasteiger partial charge < -0.3 is 9.84 Å². The van der Waals surface area contributed by atoms with Gasteiger partial charge in [-0.3, -0.25) is 4.79 Å². The van der Waals surface area contributed by atoms with Gasteiger partial charge in [0.15, 0.2) is 10.7 Å². The Hall–Kier alpha value is -3.85. The number of hydrogen-bond acceptors (Lipinski definition) is 7. The first-order chi connectivity index (χ1) is 14.9. The number of ether oxygens (including phenoxy) is 1. The predicted molar refractivity (Wildman–Crippen MR) is 114 cm³/mol. The maximum Gasteiger partial charge on any atom is 0.357 e. The molecule has 0 bridgehead atoms. The lowest BCUT2D eigenvalue weighted by molar-refractivity contribution is -0.139. The van der Waals surface area contributed by atoms with Gasteiger partial charge in [-0.2, -0.15) is 5.10 Å². The van der Waals surface area contributed by atoms with Crippen molar-refractivity contribution in [1.82, 2.24) is 9.78 Å². The molecule has 0 aliphatic carbocycles. The molecule has 1 heterocycles. The fourth-order valence-corrected chi connectivity index (χ4v) is 3.46. The minimum atomic E-state index is -1.35. The Balaban J connectivity index is 2.19. The van der Waals surface area contributed by atoms with E-state index in [0.717, 1.165) is 16.9 Å². The molecule has 1 aromatic heterocycles. The van der Waals surface area contributed by atoms with E-state index in [2.05, 4.69) is 10.1 Å². The van der Waals surface area contributed by atoms with Gasteiger partial charge in [0, 0.05) is 5.56 Å². The van der Waals surface area contributed by atoms with Crippen molar-refractivity contribution in [3.63, 3.8) is 0 Å². The first-order valence-electron chi connectivity index (χ1n) is 9.32. The van der Waals surface area contributed by atoms with Crippen molar-refractivity contribution in [2.45, 2.75) is 13.8 Å². The van der Waals surface area contributed by atoms with E-state index >= 15 is 0 Å². The number of hydrogen-bond donors (Lipinski definition) is 1. The lowest BCUT2D eigenvalue weighted by atomic mass is 10.1. The van der Waals surface area contributed by atoms with E-state index in [-0.39, 0.29) is 22.2 Å². The molecule has 9 heteroatoms. The van der Waals surface area contributed by atoms with Gasteiger partial charge >= 0.3 is 11.9 Å². The smallest absolute Gasteiger partial charge is 0.357 e. The van der Waals surface area contributed by atoms with Crippen LogP contribution in [0.25, 0.3) is 5.69 Å². The molecule has 0 saturated carbocycles. The molecule has 8 nitrogen and oxygen atoms in total. The van der Waals surface area contributed by atoms with E-state index in [9.17, 15) is 14.4 Å². The van der Waals surface area contributed by atoms with Crippen LogP contribution in [0.2, 0.25) is 0 Å². The summed E-state index contributed by atoms with van der Waals surface area (Å²) >= 11 is 0.946. The summed E-state index contributed by atoms with van der Waals surface area (Å²) in [6, 6.07) is 15.9. The third-order valence-corrected chi connectivity index (χ3v) is 4.94. The second-order valence-corrected chi connectivity index (χ2v) is 7.29. The number of carboxylic acid groups (broad SMARTS) is 1. The molecule has 31 heavy (non-hydrogen) atoms. The highest BCUT2D eigenvalue weighted by Crippen LogP contribution is 2.14. The molecular weight excluding hydrogens is 418 g/mol. The minimum absolute atomic E-state index is 0.0592. The van der Waals surface area contributed by atoms with Gasteiger partial charge in [0.2, 0.25) is 10.6 Å². The van der Waals surface area contributed by atoms with Crippen LogP contribution in [0.15, 0.2) is 71.4 Å². The Bertz CT molecular complexity index is 1210. The molecule has 0 fully saturated rings. The molecule has 0 aliphatic heterocycles. The predicted octanol–water partition coefficient (Wildman–Crippen LogP) is 2.91. The van der Waals surface area contributed by atoms with Crippen LogP contribution >= 0.6 is 11.3 Å². The number of carbonyl (C=O) groups excluding carboxylic acids is 2. The summed E-state index contributed by atoms with van der Waals surface area (Å²) in [5, 5.41) is 13.7. The third-order valence-electron chi connectivity index (χ3n) is 4.03. The number of esters is 1. The highest BCUT2D eigenvalue weighted by molar-refractivity contribution is 7.11. The zero-order chi connectivity index (χ0) is 22.4. The molecule has 0 spiro atoms. The normalized spacial score (nSPS) is 11.9. The average Bonchev–Trinajstić information content (AvgIpc) is 3.17. The van der Waals surface area contributed by atoms with Crippen LogP contribution in [-0.2, 0) is 14.3 Å². The van der Waals surface area contributed by atoms with Crippen molar-refractivity contribution in [1.29, 1.82) is 0 Å². The summed E-state index contributed by atoms with van der Waals surface area (Å²) in [6.45, 7) is 3.59. The number of carboxylic acids is 1. The van der Waals surface area contributed by atoms with Crippen molar-refractivity contribution in [3.05, 3.63) is 87.3 Å². The first-order valence-corrected chi connectivity index (χ1v) is 10.1. The van der Waals surface area contributed by atoms with Gasteiger partial charge in [-0.25, -0.2) is 19.3 Å². The average molecular weight is 437 g/mol. The van der Waals surface area contributed by atoms with Crippen LogP contribution in [-0.4, -0.2) is 39.2 Å². The van der Waals surface area contributed by atoms with Gasteiger partial charge in [-0.05, 0) is 26.0 Å². The van der Waals surface area contributed by atoms with Crippen LogP contribution in [0.4, 0.5) is 0 Å². The monoisotopic (exact) mass is 437 g/mol. The van der Waals surface area contributed by atoms with Gasteiger partial charge in [0.1, 0.15) is 0 Å². The van der Waals surface area contributed by atoms with Crippen molar-refractivity contribution < 1.29 is 24.2 Å². The molecule has 3 aromatic rings. The SMILES string of the molecule is CCOC(=O)C(=CC(=O)O)N=c1sc(C(=O)c2ccccc2)nn1-c1ccc(C)cc1. The van der Waals surface area contributed by atoms with E-state index in [1.54, 1.807) is 49.4 Å². The van der Waals surface area contributed by atoms with Gasteiger partial charge in [-0.1, -0.05) is 59.4 Å². The second kappa shape index (κ2) is 9.77. The topological polar surface area (TPSA) is 111 Å². The van der Waals surface area contributed by atoms with Crippen LogP contribution in [0.1, 0.15) is 27.9 Å². The molecule has 2 aromatic carbocycles. The Kier molecular flexibility index (Phi) is 6.88. The summed E-state index contributed by atoms with van der Waals surface area (Å²) in [4.78, 5) is 40.6. The maximum atomic E-state index is 12.9. The number of ketones is 1. The Labute approximate surface area is 181 Å². The fraction of sp³-hybridized carbons (Fsp3) is 0.136. The second-order valence-electron chi connectivity index (χ2n) is 6.33. The van der Waals surface area contributed by atoms with Crippen molar-refractivity contribution >= 4 is 29.1 Å². The van der Waals surface area contributed by atoms with Crippen molar-refractivity contribution in [2.75, 3.05) is 6.61 Å². The van der Waals surface area contributed by atoms with Gasteiger partial charge in [0.05, 0.1) is 18.4 Å². The van der Waals surface area contributed by atoms with Crippen LogP contribution in [0.5, 0.6) is 0 Å². The van der Waals surface area contributed by atoms with E-state index in [1.807, 2.05) is 19.1 Å². The maximum absolute atomic E-state index is 12.9. The summed E-state index contributed by atoms with van der Waals surface area (Å²) in [5.74, 6) is -2.55. The fourth-order valence-electron chi connectivity index (χ4n) is 2.57. The Morgan fingerprint density at radius 3 is 2.42 bits per heavy atom. The summed E-state index contributed by atoms with van der Waals surface area (Å²) < 4.78 is 6.30. The third kappa shape index (κ3) is 5.40. The number of aliphatic carboxylic acids is 1.